The van der Waals surface area contributed by atoms with Gasteiger partial charge in [-0.05, 0) is 61.9 Å². The molecule has 0 radical (unpaired) electrons. The van der Waals surface area contributed by atoms with Gasteiger partial charge in [0.2, 0.25) is 0 Å². The zero-order valence-corrected chi connectivity index (χ0v) is 28.0. The van der Waals surface area contributed by atoms with Gasteiger partial charge >= 0.3 is 19.2 Å². The van der Waals surface area contributed by atoms with Crippen LogP contribution < -0.4 is 16.4 Å². The van der Waals surface area contributed by atoms with Gasteiger partial charge in [-0.3, -0.25) is 18.2 Å². The predicted octanol–water partition coefficient (Wildman–Crippen LogP) is 7.42. The van der Waals surface area contributed by atoms with Crippen LogP contribution >= 0.6 is 7.60 Å². The van der Waals surface area contributed by atoms with Crippen LogP contribution in [0.15, 0.2) is 81.9 Å². The van der Waals surface area contributed by atoms with E-state index < -0.39 is 47.6 Å². The number of aryl methyl sites for hydroxylation is 3. The molecule has 0 aliphatic carbocycles. The van der Waals surface area contributed by atoms with E-state index in [0.29, 0.717) is 43.6 Å². The van der Waals surface area contributed by atoms with E-state index in [-0.39, 0.29) is 35.9 Å². The van der Waals surface area contributed by atoms with Crippen molar-refractivity contribution in [3.63, 3.8) is 0 Å². The molecular weight excluding hydrogens is 655 g/mol. The van der Waals surface area contributed by atoms with Crippen molar-refractivity contribution >= 4 is 17.7 Å². The van der Waals surface area contributed by atoms with Crippen molar-refractivity contribution in [2.24, 2.45) is 0 Å². The minimum Gasteiger partial charge on any atom is -0.457 e. The largest absolute Gasteiger partial charge is 0.519 e. The van der Waals surface area contributed by atoms with Crippen molar-refractivity contribution in [1.29, 1.82) is 0 Å². The summed E-state index contributed by atoms with van der Waals surface area (Å²) >= 11 is 0. The van der Waals surface area contributed by atoms with E-state index in [9.17, 15) is 27.1 Å². The Hall–Kier alpha value is -3.68. The van der Waals surface area contributed by atoms with Gasteiger partial charge in [0.25, 0.3) is 10.1 Å². The highest BCUT2D eigenvalue weighted by Gasteiger charge is 2.45. The third kappa shape index (κ3) is 10.7. The van der Waals surface area contributed by atoms with Gasteiger partial charge in [0.1, 0.15) is 24.7 Å². The van der Waals surface area contributed by atoms with E-state index in [0.717, 1.165) is 18.4 Å². The third-order valence-corrected chi connectivity index (χ3v) is 11.6. The summed E-state index contributed by atoms with van der Waals surface area (Å²) in [5.74, 6) is -0.654. The molecule has 13 nitrogen and oxygen atoms in total. The Labute approximate surface area is 272 Å². The van der Waals surface area contributed by atoms with Gasteiger partial charge in [-0.1, -0.05) is 57.0 Å². The van der Waals surface area contributed by atoms with Gasteiger partial charge in [0.15, 0.2) is 28.0 Å². The molecule has 256 valence electrons. The molecular formula is C32H39O13PS. The summed E-state index contributed by atoms with van der Waals surface area (Å²) in [6.45, 7) is 2.57. The molecule has 0 spiro atoms. The highest BCUT2D eigenvalue weighted by molar-refractivity contribution is 7.94. The normalized spacial score (nSPS) is 12.7. The van der Waals surface area contributed by atoms with Gasteiger partial charge in [-0.2, -0.15) is 8.42 Å². The van der Waals surface area contributed by atoms with Crippen LogP contribution in [0.3, 0.4) is 0 Å². The van der Waals surface area contributed by atoms with Crippen LogP contribution in [0, 0.1) is 0 Å². The van der Waals surface area contributed by atoms with Crippen LogP contribution in [0.1, 0.15) is 81.0 Å². The summed E-state index contributed by atoms with van der Waals surface area (Å²) in [5.41, 5.74) is 0.797. The molecule has 0 aliphatic heterocycles. The number of para-hydroxylation sites is 1. The van der Waals surface area contributed by atoms with E-state index in [1.54, 1.807) is 18.2 Å². The monoisotopic (exact) mass is 694 g/mol. The minimum absolute atomic E-state index is 0.0879. The highest BCUT2D eigenvalue weighted by Crippen LogP contribution is 2.58. The number of hydrogen-bond acceptors (Lipinski definition) is 12. The number of hydrogen-bond donors (Lipinski definition) is 1. The number of rotatable bonds is 20. The van der Waals surface area contributed by atoms with Gasteiger partial charge < -0.3 is 22.4 Å². The first kappa shape index (κ1) is 36.2. The zero-order chi connectivity index (χ0) is 33.9. The molecule has 0 saturated carbocycles. The fraction of sp³-hybridized carbons (Fsp3) is 0.438. The minimum atomic E-state index is -5.04. The predicted molar refractivity (Wildman–Crippen MR) is 170 cm³/mol. The summed E-state index contributed by atoms with van der Waals surface area (Å²) in [7, 11) is -9.84. The van der Waals surface area contributed by atoms with Gasteiger partial charge in [-0.25, -0.2) is 9.59 Å². The maximum Gasteiger partial charge on any atom is 0.519 e. The van der Waals surface area contributed by atoms with Crippen LogP contribution in [0.25, 0.3) is 0 Å². The van der Waals surface area contributed by atoms with Crippen LogP contribution in [-0.2, 0) is 56.2 Å². The molecule has 15 heteroatoms. The smallest absolute Gasteiger partial charge is 0.457 e. The second-order valence-corrected chi connectivity index (χ2v) is 15.0. The number of ether oxygens (including phenoxy) is 1. The molecule has 47 heavy (non-hydrogen) atoms. The standard InChI is InChI=1S/C32H39O13PS/c1-3-5-17-26-28(44-31(33)42-26)21-39-46(35,40-22-29-27(18-6-4-2)43-32(34)45-29)30(47(36,37)38)19-11-13-23-12-10-16-25(20-23)41-24-14-8-7-9-15-24/h7-10,12,14-16,20,30H,3-6,11,13,17-19,21-22H2,1-2H3,(H,36,37,38). The van der Waals surface area contributed by atoms with E-state index in [4.69, 9.17) is 31.5 Å². The highest BCUT2D eigenvalue weighted by atomic mass is 32.2. The molecule has 0 aliphatic rings. The SMILES string of the molecule is CCCCc1oc(=O)oc1COP(=O)(OCc1oc(=O)oc1CCCC)C(CCCc1cccc(Oc2ccccc2)c1)S(=O)(=O)O. The number of benzene rings is 2. The van der Waals surface area contributed by atoms with Crippen LogP contribution in [0.2, 0.25) is 0 Å². The molecule has 2 aromatic carbocycles. The van der Waals surface area contributed by atoms with E-state index in [2.05, 4.69) is 0 Å². The second kappa shape index (κ2) is 16.9. The van der Waals surface area contributed by atoms with Crippen LogP contribution in [-0.4, -0.2) is 18.0 Å². The topological polar surface area (TPSA) is 186 Å². The maximum atomic E-state index is 14.4. The average Bonchev–Trinajstić information content (AvgIpc) is 3.59. The third-order valence-electron chi connectivity index (χ3n) is 7.20. The maximum absolute atomic E-state index is 14.4. The van der Waals surface area contributed by atoms with Crippen molar-refractivity contribution in [3.05, 3.63) is 104 Å². The summed E-state index contributed by atoms with van der Waals surface area (Å²) < 4.78 is 87.6. The first-order chi connectivity index (χ1) is 22.5. The number of unbranched alkanes of at least 4 members (excludes halogenated alkanes) is 2. The molecule has 4 aromatic rings. The Kier molecular flexibility index (Phi) is 13.0. The van der Waals surface area contributed by atoms with E-state index in [1.165, 1.54) is 0 Å². The average molecular weight is 695 g/mol. The lowest BCUT2D eigenvalue weighted by molar-refractivity contribution is 0.164. The summed E-state index contributed by atoms with van der Waals surface area (Å²) in [4.78, 5) is 21.7. The quantitative estimate of drug-likeness (QED) is 0.0712. The van der Waals surface area contributed by atoms with E-state index in [1.807, 2.05) is 50.2 Å². The van der Waals surface area contributed by atoms with Crippen molar-refractivity contribution in [2.75, 3.05) is 0 Å². The molecule has 0 bridgehead atoms. The van der Waals surface area contributed by atoms with E-state index >= 15 is 0 Å². The van der Waals surface area contributed by atoms with Gasteiger partial charge in [-0.15, -0.1) is 0 Å². The molecule has 0 amide bonds. The first-order valence-electron chi connectivity index (χ1n) is 15.4. The molecule has 1 unspecified atom stereocenters. The Morgan fingerprint density at radius 2 is 1.26 bits per heavy atom. The first-order valence-corrected chi connectivity index (χ1v) is 18.5. The molecule has 1 atom stereocenters. The van der Waals surface area contributed by atoms with Gasteiger partial charge in [0, 0.05) is 12.8 Å². The molecule has 4 rings (SSSR count). The summed E-state index contributed by atoms with van der Waals surface area (Å²) in [5, 5.41) is 0. The Morgan fingerprint density at radius 3 is 1.79 bits per heavy atom. The fourth-order valence-corrected chi connectivity index (χ4v) is 8.42. The van der Waals surface area contributed by atoms with Crippen LogP contribution in [0.5, 0.6) is 11.5 Å². The lowest BCUT2D eigenvalue weighted by Crippen LogP contribution is -2.24. The molecule has 0 saturated heterocycles. The Morgan fingerprint density at radius 1 is 0.723 bits per heavy atom. The van der Waals surface area contributed by atoms with Gasteiger partial charge in [0.05, 0.1) is 0 Å². The molecule has 0 fully saturated rings. The Bertz CT molecular complexity index is 1770. The lowest BCUT2D eigenvalue weighted by Gasteiger charge is -2.24. The fourth-order valence-electron chi connectivity index (χ4n) is 4.79. The van der Waals surface area contributed by atoms with Crippen molar-refractivity contribution in [2.45, 2.75) is 89.8 Å². The van der Waals surface area contributed by atoms with Crippen LogP contribution in [0.4, 0.5) is 0 Å². The summed E-state index contributed by atoms with van der Waals surface area (Å²) in [6, 6.07) is 16.4. The molecule has 2 heterocycles. The Balaban J connectivity index is 1.56. The second-order valence-electron chi connectivity index (χ2n) is 10.8. The molecule has 2 aromatic heterocycles. The summed E-state index contributed by atoms with van der Waals surface area (Å²) in [6.07, 6.45) is 3.62. The lowest BCUT2D eigenvalue weighted by atomic mass is 10.1. The van der Waals surface area contributed by atoms with Crippen molar-refractivity contribution in [1.82, 2.24) is 0 Å². The zero-order valence-electron chi connectivity index (χ0n) is 26.3. The van der Waals surface area contributed by atoms with Crippen molar-refractivity contribution < 1.29 is 49.0 Å². The van der Waals surface area contributed by atoms with Crippen molar-refractivity contribution in [3.8, 4) is 11.5 Å². The molecule has 1 N–H and O–H groups in total.